The summed E-state index contributed by atoms with van der Waals surface area (Å²) in [7, 11) is 0. The number of phenols is 2. The average Bonchev–Trinajstić information content (AvgIpc) is 2.94. The minimum Gasteiger partial charge on any atom is -0.508 e. The number of nitrogens with zero attached hydrogens (tertiary/aromatic N) is 1. The maximum Gasteiger partial charge on any atom is 0.285 e. The van der Waals surface area contributed by atoms with E-state index >= 15 is 0 Å². The van der Waals surface area contributed by atoms with Gasteiger partial charge >= 0.3 is 0 Å². The number of carbonyl (C=O) groups excluding carboxylic acids is 2. The molecule has 30 heavy (non-hydrogen) atoms. The number of amides is 2. The third-order valence-electron chi connectivity index (χ3n) is 3.68. The van der Waals surface area contributed by atoms with Crippen LogP contribution in [0.4, 0.5) is 5.69 Å². The zero-order valence-corrected chi connectivity index (χ0v) is 18.6. The first kappa shape index (κ1) is 22.3. The van der Waals surface area contributed by atoms with Crippen LogP contribution in [0.3, 0.4) is 0 Å². The quantitative estimate of drug-likeness (QED) is 0.284. The molecule has 154 valence electrons. The van der Waals surface area contributed by atoms with Crippen LogP contribution in [0.5, 0.6) is 11.5 Å². The van der Waals surface area contributed by atoms with Gasteiger partial charge in [-0.3, -0.25) is 15.0 Å². The van der Waals surface area contributed by atoms with Gasteiger partial charge in [0.1, 0.15) is 11.5 Å². The number of phenolic OH excluding ortho intramolecular Hbond substituents is 2. The van der Waals surface area contributed by atoms with Gasteiger partial charge in [0.15, 0.2) is 9.31 Å². The van der Waals surface area contributed by atoms with Crippen LogP contribution in [0.15, 0.2) is 41.3 Å². The lowest BCUT2D eigenvalue weighted by Gasteiger charge is -2.17. The number of aromatic hydroxyl groups is 2. The predicted octanol–water partition coefficient (Wildman–Crippen LogP) is 4.08. The monoisotopic (exact) mass is 499 g/mol. The summed E-state index contributed by atoms with van der Waals surface area (Å²) in [5.41, 5.74) is 3.14. The summed E-state index contributed by atoms with van der Waals surface area (Å²) in [5.74, 6) is -1.43. The molecule has 0 saturated carbocycles. The zero-order valence-electron chi connectivity index (χ0n) is 14.7. The van der Waals surface area contributed by atoms with Crippen LogP contribution in [-0.4, -0.2) is 36.3 Å². The van der Waals surface area contributed by atoms with Crippen molar-refractivity contribution in [2.45, 2.75) is 0 Å². The van der Waals surface area contributed by atoms with E-state index in [0.29, 0.717) is 5.69 Å². The second kappa shape index (κ2) is 9.19. The molecule has 4 N–H and O–H groups in total. The molecule has 0 aliphatic carbocycles. The third kappa shape index (κ3) is 5.02. The van der Waals surface area contributed by atoms with E-state index in [1.54, 1.807) is 0 Å². The van der Waals surface area contributed by atoms with Gasteiger partial charge in [-0.15, -0.1) is 0 Å². The molecule has 7 nitrogen and oxygen atoms in total. The molecule has 2 amide bonds. The minimum absolute atomic E-state index is 0.0365. The Bertz CT molecular complexity index is 1110. The highest BCUT2D eigenvalue weighted by Gasteiger charge is 2.34. The summed E-state index contributed by atoms with van der Waals surface area (Å²) in [4.78, 5) is 24.8. The van der Waals surface area contributed by atoms with E-state index in [-0.39, 0.29) is 41.3 Å². The number of carbonyl (C=O) groups is 2. The molecule has 2 aromatic carbocycles. The lowest BCUT2D eigenvalue weighted by molar-refractivity contribution is -0.123. The number of halogens is 2. The maximum atomic E-state index is 12.7. The Kier molecular flexibility index (Phi) is 6.84. The normalized spacial score (nSPS) is 14.9. The van der Waals surface area contributed by atoms with Crippen molar-refractivity contribution < 1.29 is 19.8 Å². The number of nitrogens with one attached hydrogen (secondary N) is 2. The SMILES string of the molecule is O=C(Nc1ccc(O)cc1)C(=S)NN1C(=O)/C(=C\c2cc(Cl)cc(Cl)c2O)SC1=S. The summed E-state index contributed by atoms with van der Waals surface area (Å²) in [5, 5.41) is 23.1. The van der Waals surface area contributed by atoms with Crippen LogP contribution in [-0.2, 0) is 9.59 Å². The van der Waals surface area contributed by atoms with E-state index in [1.807, 2.05) is 0 Å². The fraction of sp³-hybridized carbons (Fsp3) is 0. The molecule has 1 heterocycles. The summed E-state index contributed by atoms with van der Waals surface area (Å²) >= 11 is 23.0. The van der Waals surface area contributed by atoms with E-state index in [0.717, 1.165) is 16.8 Å². The smallest absolute Gasteiger partial charge is 0.285 e. The van der Waals surface area contributed by atoms with Crippen molar-refractivity contribution in [3.05, 3.63) is 56.9 Å². The van der Waals surface area contributed by atoms with Gasteiger partial charge in [0, 0.05) is 16.3 Å². The number of hydrogen-bond acceptors (Lipinski definition) is 7. The van der Waals surface area contributed by atoms with Gasteiger partial charge < -0.3 is 15.5 Å². The Morgan fingerprint density at radius 2 is 1.83 bits per heavy atom. The third-order valence-corrected chi connectivity index (χ3v) is 5.77. The first-order valence-electron chi connectivity index (χ1n) is 8.02. The number of hydrazine groups is 1. The number of thioether (sulfide) groups is 1. The van der Waals surface area contributed by atoms with Gasteiger partial charge in [-0.05, 0) is 54.7 Å². The molecule has 3 rings (SSSR count). The molecule has 1 fully saturated rings. The lowest BCUT2D eigenvalue weighted by Crippen LogP contribution is -2.48. The molecule has 0 spiro atoms. The maximum absolute atomic E-state index is 12.7. The van der Waals surface area contributed by atoms with Crippen molar-refractivity contribution in [3.63, 3.8) is 0 Å². The van der Waals surface area contributed by atoms with Crippen molar-refractivity contribution in [1.29, 1.82) is 0 Å². The van der Waals surface area contributed by atoms with E-state index < -0.39 is 11.8 Å². The standard InChI is InChI=1S/C18H11Cl2N3O4S3/c19-9-5-8(14(25)12(20)7-9)6-13-17(27)23(18(29)30-13)22-16(28)15(26)21-10-1-3-11(24)4-2-10/h1-7,24-25H,(H,21,26)(H,22,28)/b13-6+. The Hall–Kier alpha value is -2.37. The first-order chi connectivity index (χ1) is 14.2. The number of anilines is 1. The minimum atomic E-state index is -0.673. The fourth-order valence-corrected chi connectivity index (χ4v) is 4.11. The number of thiocarbonyl (C=S) groups is 2. The molecule has 0 radical (unpaired) electrons. The van der Waals surface area contributed by atoms with E-state index in [4.69, 9.17) is 47.6 Å². The highest BCUT2D eigenvalue weighted by Crippen LogP contribution is 2.37. The van der Waals surface area contributed by atoms with Crippen molar-refractivity contribution >= 4 is 92.3 Å². The van der Waals surface area contributed by atoms with E-state index in [9.17, 15) is 19.8 Å². The van der Waals surface area contributed by atoms with Gasteiger partial charge in [0.25, 0.3) is 11.8 Å². The predicted molar refractivity (Wildman–Crippen MR) is 126 cm³/mol. The Morgan fingerprint density at radius 3 is 2.50 bits per heavy atom. The second-order valence-electron chi connectivity index (χ2n) is 5.78. The van der Waals surface area contributed by atoms with Crippen molar-refractivity contribution in [2.75, 3.05) is 5.32 Å². The second-order valence-corrected chi connectivity index (χ2v) is 8.71. The molecule has 1 aliphatic heterocycles. The highest BCUT2D eigenvalue weighted by molar-refractivity contribution is 8.26. The summed E-state index contributed by atoms with van der Waals surface area (Å²) < 4.78 is 0.110. The number of rotatable bonds is 3. The number of hydrogen-bond donors (Lipinski definition) is 4. The lowest BCUT2D eigenvalue weighted by atomic mass is 10.2. The van der Waals surface area contributed by atoms with Gasteiger partial charge in [-0.2, -0.15) is 5.01 Å². The Labute approximate surface area is 195 Å². The molecule has 0 aromatic heterocycles. The molecule has 0 unspecified atom stereocenters. The van der Waals surface area contributed by atoms with Crippen LogP contribution in [0.1, 0.15) is 5.56 Å². The highest BCUT2D eigenvalue weighted by atomic mass is 35.5. The van der Waals surface area contributed by atoms with Gasteiger partial charge in [-0.25, -0.2) is 0 Å². The molecule has 0 atom stereocenters. The molecule has 1 saturated heterocycles. The van der Waals surface area contributed by atoms with Crippen LogP contribution < -0.4 is 10.7 Å². The average molecular weight is 500 g/mol. The summed E-state index contributed by atoms with van der Waals surface area (Å²) in [6.07, 6.45) is 1.38. The Balaban J connectivity index is 1.72. The van der Waals surface area contributed by atoms with Gasteiger partial charge in [0.05, 0.1) is 9.93 Å². The van der Waals surface area contributed by atoms with Crippen LogP contribution in [0, 0.1) is 0 Å². The van der Waals surface area contributed by atoms with Crippen molar-refractivity contribution in [1.82, 2.24) is 10.4 Å². The molecule has 2 aromatic rings. The largest absolute Gasteiger partial charge is 0.508 e. The van der Waals surface area contributed by atoms with Crippen LogP contribution >= 0.6 is 59.4 Å². The van der Waals surface area contributed by atoms with Crippen molar-refractivity contribution in [2.24, 2.45) is 0 Å². The number of benzene rings is 2. The molecular weight excluding hydrogens is 489 g/mol. The zero-order chi connectivity index (χ0) is 22.0. The van der Waals surface area contributed by atoms with Gasteiger partial charge in [0.2, 0.25) is 0 Å². The van der Waals surface area contributed by atoms with Gasteiger partial charge in [-0.1, -0.05) is 47.2 Å². The molecule has 1 aliphatic rings. The fourth-order valence-electron chi connectivity index (χ4n) is 2.29. The molecule has 12 heteroatoms. The van der Waals surface area contributed by atoms with E-state index in [1.165, 1.54) is 42.5 Å². The summed E-state index contributed by atoms with van der Waals surface area (Å²) in [6.45, 7) is 0. The summed E-state index contributed by atoms with van der Waals surface area (Å²) in [6, 6.07) is 8.58. The van der Waals surface area contributed by atoms with Crippen molar-refractivity contribution in [3.8, 4) is 11.5 Å². The molecular formula is C18H11Cl2N3O4S3. The first-order valence-corrected chi connectivity index (χ1v) is 10.4. The molecule has 0 bridgehead atoms. The Morgan fingerprint density at radius 1 is 1.17 bits per heavy atom. The van der Waals surface area contributed by atoms with Crippen LogP contribution in [0.25, 0.3) is 6.08 Å². The van der Waals surface area contributed by atoms with Crippen LogP contribution in [0.2, 0.25) is 10.0 Å². The topological polar surface area (TPSA) is 102 Å². The van der Waals surface area contributed by atoms with E-state index in [2.05, 4.69) is 10.7 Å².